The van der Waals surface area contributed by atoms with E-state index in [2.05, 4.69) is 79.5 Å². The first-order valence-corrected chi connectivity index (χ1v) is 7.97. The molecule has 0 saturated carbocycles. The van der Waals surface area contributed by atoms with Crippen LogP contribution in [0.3, 0.4) is 0 Å². The van der Waals surface area contributed by atoms with Crippen molar-refractivity contribution in [1.82, 2.24) is 4.90 Å². The summed E-state index contributed by atoms with van der Waals surface area (Å²) in [5.74, 6) is 0.471. The first kappa shape index (κ1) is 13.5. The second kappa shape index (κ2) is 5.26. The summed E-state index contributed by atoms with van der Waals surface area (Å²) in [6, 6.07) is 22.5. The van der Waals surface area contributed by atoms with Crippen molar-refractivity contribution in [3.8, 4) is 0 Å². The second-order valence-electron chi connectivity index (χ2n) is 6.56. The third-order valence-corrected chi connectivity index (χ3v) is 4.78. The van der Waals surface area contributed by atoms with Gasteiger partial charge in [-0.1, -0.05) is 66.2 Å². The maximum Gasteiger partial charge on any atom is 0.0234 e. The monoisotopic (exact) mass is 287 g/mol. The topological polar surface area (TPSA) is 3.24 Å². The van der Waals surface area contributed by atoms with Gasteiger partial charge in [-0.3, -0.25) is 0 Å². The zero-order chi connectivity index (χ0) is 15.1. The van der Waals surface area contributed by atoms with Crippen LogP contribution in [0.1, 0.15) is 28.2 Å². The lowest BCUT2D eigenvalue weighted by molar-refractivity contribution is 0.295. The van der Waals surface area contributed by atoms with Crippen LogP contribution in [0.15, 0.2) is 60.7 Å². The van der Waals surface area contributed by atoms with E-state index in [1.54, 1.807) is 0 Å². The van der Waals surface area contributed by atoms with Crippen LogP contribution in [0.25, 0.3) is 10.8 Å². The zero-order valence-electron chi connectivity index (χ0n) is 13.2. The van der Waals surface area contributed by atoms with Crippen molar-refractivity contribution in [2.45, 2.75) is 19.4 Å². The standard InChI is InChI=1S/C21H21N/c1-15-7-10-20-19(11-15)13-22(2)14-21(20)18-9-8-16-5-3-4-6-17(16)12-18/h3-12,21H,13-14H2,1-2H3/t21-/m0/s1. The van der Waals surface area contributed by atoms with Crippen LogP contribution in [-0.4, -0.2) is 18.5 Å². The summed E-state index contributed by atoms with van der Waals surface area (Å²) in [5, 5.41) is 2.65. The van der Waals surface area contributed by atoms with E-state index in [0.717, 1.165) is 13.1 Å². The number of nitrogens with zero attached hydrogens (tertiary/aromatic N) is 1. The van der Waals surface area contributed by atoms with Crippen LogP contribution < -0.4 is 0 Å². The third kappa shape index (κ3) is 2.32. The average Bonchev–Trinajstić information content (AvgIpc) is 2.53. The smallest absolute Gasteiger partial charge is 0.0234 e. The van der Waals surface area contributed by atoms with Crippen molar-refractivity contribution < 1.29 is 0 Å². The molecule has 4 rings (SSSR count). The SMILES string of the molecule is Cc1ccc2c(c1)CN(C)C[C@H]2c1ccc2ccccc2c1. The summed E-state index contributed by atoms with van der Waals surface area (Å²) in [6.45, 7) is 4.33. The van der Waals surface area contributed by atoms with E-state index in [-0.39, 0.29) is 0 Å². The highest BCUT2D eigenvalue weighted by Gasteiger charge is 2.24. The van der Waals surface area contributed by atoms with Crippen molar-refractivity contribution in [3.05, 3.63) is 82.9 Å². The van der Waals surface area contributed by atoms with Gasteiger partial charge in [-0.15, -0.1) is 0 Å². The van der Waals surface area contributed by atoms with Crippen molar-refractivity contribution in [2.24, 2.45) is 0 Å². The minimum absolute atomic E-state index is 0.471. The van der Waals surface area contributed by atoms with Gasteiger partial charge in [0.15, 0.2) is 0 Å². The molecule has 0 aliphatic carbocycles. The number of likely N-dealkylation sites (N-methyl/N-ethyl adjacent to an activating group) is 1. The Morgan fingerprint density at radius 3 is 2.59 bits per heavy atom. The van der Waals surface area contributed by atoms with E-state index < -0.39 is 0 Å². The van der Waals surface area contributed by atoms with Gasteiger partial charge >= 0.3 is 0 Å². The molecule has 110 valence electrons. The van der Waals surface area contributed by atoms with Crippen LogP contribution in [0.2, 0.25) is 0 Å². The van der Waals surface area contributed by atoms with Gasteiger partial charge in [0.05, 0.1) is 0 Å². The normalized spacial score (nSPS) is 18.4. The van der Waals surface area contributed by atoms with E-state index in [0.29, 0.717) is 5.92 Å². The molecule has 0 amide bonds. The molecule has 0 unspecified atom stereocenters. The van der Waals surface area contributed by atoms with Gasteiger partial charge in [0.2, 0.25) is 0 Å². The lowest BCUT2D eigenvalue weighted by atomic mass is 9.83. The molecule has 1 heterocycles. The minimum atomic E-state index is 0.471. The summed E-state index contributed by atoms with van der Waals surface area (Å²) >= 11 is 0. The molecule has 3 aromatic carbocycles. The number of hydrogen-bond acceptors (Lipinski definition) is 1. The number of benzene rings is 3. The number of hydrogen-bond donors (Lipinski definition) is 0. The van der Waals surface area contributed by atoms with Crippen LogP contribution in [-0.2, 0) is 6.54 Å². The molecule has 3 aromatic rings. The van der Waals surface area contributed by atoms with E-state index in [1.807, 2.05) is 0 Å². The number of aryl methyl sites for hydroxylation is 1. The van der Waals surface area contributed by atoms with Gasteiger partial charge in [0, 0.05) is 19.0 Å². The van der Waals surface area contributed by atoms with Crippen molar-refractivity contribution in [1.29, 1.82) is 0 Å². The quantitative estimate of drug-likeness (QED) is 0.625. The Morgan fingerprint density at radius 1 is 0.909 bits per heavy atom. The summed E-state index contributed by atoms with van der Waals surface area (Å²) < 4.78 is 0. The van der Waals surface area contributed by atoms with Crippen molar-refractivity contribution >= 4 is 10.8 Å². The Balaban J connectivity index is 1.84. The lowest BCUT2D eigenvalue weighted by Crippen LogP contribution is -2.31. The molecule has 0 spiro atoms. The fourth-order valence-electron chi connectivity index (χ4n) is 3.69. The molecule has 1 nitrogen and oxygen atoms in total. The fourth-order valence-corrected chi connectivity index (χ4v) is 3.69. The molecule has 0 saturated heterocycles. The second-order valence-corrected chi connectivity index (χ2v) is 6.56. The van der Waals surface area contributed by atoms with E-state index in [4.69, 9.17) is 0 Å². The van der Waals surface area contributed by atoms with E-state index in [9.17, 15) is 0 Å². The highest BCUT2D eigenvalue weighted by Crippen LogP contribution is 2.34. The Morgan fingerprint density at radius 2 is 1.73 bits per heavy atom. The first-order chi connectivity index (χ1) is 10.7. The van der Waals surface area contributed by atoms with E-state index >= 15 is 0 Å². The fraction of sp³-hybridized carbons (Fsp3) is 0.238. The van der Waals surface area contributed by atoms with Crippen molar-refractivity contribution in [2.75, 3.05) is 13.6 Å². The Kier molecular flexibility index (Phi) is 3.24. The molecule has 1 aliphatic heterocycles. The molecule has 0 radical (unpaired) electrons. The van der Waals surface area contributed by atoms with Gasteiger partial charge < -0.3 is 4.90 Å². The Labute approximate surface area is 132 Å². The summed E-state index contributed by atoms with van der Waals surface area (Å²) in [5.41, 5.74) is 5.76. The lowest BCUT2D eigenvalue weighted by Gasteiger charge is -2.33. The molecular weight excluding hydrogens is 266 g/mol. The first-order valence-electron chi connectivity index (χ1n) is 7.97. The third-order valence-electron chi connectivity index (χ3n) is 4.78. The van der Waals surface area contributed by atoms with E-state index in [1.165, 1.54) is 33.0 Å². The number of fused-ring (bicyclic) bond motifs is 2. The zero-order valence-corrected chi connectivity index (χ0v) is 13.2. The maximum atomic E-state index is 2.43. The Bertz CT molecular complexity index is 834. The molecule has 1 heteroatoms. The molecule has 0 N–H and O–H groups in total. The summed E-state index contributed by atoms with van der Waals surface area (Å²) in [6.07, 6.45) is 0. The average molecular weight is 287 g/mol. The predicted octanol–water partition coefficient (Wildman–Crippen LogP) is 4.73. The van der Waals surface area contributed by atoms with Gasteiger partial charge in [-0.25, -0.2) is 0 Å². The molecule has 0 aromatic heterocycles. The van der Waals surface area contributed by atoms with Gasteiger partial charge in [-0.2, -0.15) is 0 Å². The minimum Gasteiger partial charge on any atom is -0.301 e. The maximum absolute atomic E-state index is 2.43. The van der Waals surface area contributed by atoms with Crippen LogP contribution in [0.4, 0.5) is 0 Å². The van der Waals surface area contributed by atoms with Gasteiger partial charge in [0.25, 0.3) is 0 Å². The van der Waals surface area contributed by atoms with Gasteiger partial charge in [-0.05, 0) is 41.4 Å². The highest BCUT2D eigenvalue weighted by molar-refractivity contribution is 5.83. The largest absolute Gasteiger partial charge is 0.301 e. The molecule has 0 bridgehead atoms. The summed E-state index contributed by atoms with van der Waals surface area (Å²) in [7, 11) is 2.22. The van der Waals surface area contributed by atoms with Crippen molar-refractivity contribution in [3.63, 3.8) is 0 Å². The molecule has 1 atom stereocenters. The molecular formula is C21H21N. The molecule has 0 fully saturated rings. The molecule has 22 heavy (non-hydrogen) atoms. The van der Waals surface area contributed by atoms with Crippen LogP contribution in [0.5, 0.6) is 0 Å². The highest BCUT2D eigenvalue weighted by atomic mass is 15.1. The van der Waals surface area contributed by atoms with Crippen LogP contribution >= 0.6 is 0 Å². The summed E-state index contributed by atoms with van der Waals surface area (Å²) in [4.78, 5) is 2.43. The predicted molar refractivity (Wildman–Crippen MR) is 93.3 cm³/mol. The Hall–Kier alpha value is -2.12. The van der Waals surface area contributed by atoms with Crippen LogP contribution in [0, 0.1) is 6.92 Å². The number of rotatable bonds is 1. The molecule has 1 aliphatic rings. The van der Waals surface area contributed by atoms with Gasteiger partial charge in [0.1, 0.15) is 0 Å².